The molecule has 7 rings (SSSR count). The number of Topliss-reactive ketones (excluding diaryl/α,β-unsaturated/α-hetero) is 1. The maximum atomic E-state index is 13.1. The molecular formula is C29H38O9. The van der Waals surface area contributed by atoms with Crippen LogP contribution >= 0.6 is 0 Å². The van der Waals surface area contributed by atoms with Crippen molar-refractivity contribution in [3.05, 3.63) is 11.6 Å². The Morgan fingerprint density at radius 2 is 1.84 bits per heavy atom. The molecule has 3 aliphatic heterocycles. The summed E-state index contributed by atoms with van der Waals surface area (Å²) < 4.78 is 23.3. The summed E-state index contributed by atoms with van der Waals surface area (Å²) in [5.74, 6) is -2.84. The number of ketones is 1. The number of ether oxygens (including phenoxy) is 4. The second-order valence-electron chi connectivity index (χ2n) is 13.4. The minimum atomic E-state index is -2.16. The van der Waals surface area contributed by atoms with Crippen LogP contribution in [-0.2, 0) is 33.3 Å². The lowest BCUT2D eigenvalue weighted by Gasteiger charge is -2.64. The van der Waals surface area contributed by atoms with E-state index in [4.69, 9.17) is 18.9 Å². The molecule has 4 saturated carbocycles. The maximum Gasteiger partial charge on any atom is 0.331 e. The molecule has 9 nitrogen and oxygen atoms in total. The molecule has 0 bridgehead atoms. The molecule has 0 aromatic carbocycles. The summed E-state index contributed by atoms with van der Waals surface area (Å²) in [4.78, 5) is 37.7. The van der Waals surface area contributed by atoms with Crippen molar-refractivity contribution in [1.29, 1.82) is 0 Å². The van der Waals surface area contributed by atoms with Crippen molar-refractivity contribution in [3.63, 3.8) is 0 Å². The third-order valence-electron chi connectivity index (χ3n) is 11.9. The van der Waals surface area contributed by atoms with Crippen LogP contribution in [0, 0.1) is 34.5 Å². The fourth-order valence-corrected chi connectivity index (χ4v) is 10.1. The van der Waals surface area contributed by atoms with Gasteiger partial charge in [-0.2, -0.15) is 0 Å². The summed E-state index contributed by atoms with van der Waals surface area (Å²) in [7, 11) is 0. The second-order valence-corrected chi connectivity index (χ2v) is 13.4. The molecular weight excluding hydrogens is 492 g/mol. The molecule has 0 amide bonds. The van der Waals surface area contributed by atoms with Gasteiger partial charge < -0.3 is 34.0 Å². The van der Waals surface area contributed by atoms with Crippen molar-refractivity contribution in [3.8, 4) is 0 Å². The van der Waals surface area contributed by atoms with Crippen molar-refractivity contribution in [2.75, 3.05) is 6.61 Å². The van der Waals surface area contributed by atoms with E-state index >= 15 is 0 Å². The van der Waals surface area contributed by atoms with E-state index in [2.05, 4.69) is 6.92 Å². The lowest BCUT2D eigenvalue weighted by molar-refractivity contribution is -0.413. The Morgan fingerprint density at radius 1 is 1.03 bits per heavy atom. The van der Waals surface area contributed by atoms with E-state index in [1.165, 1.54) is 0 Å². The van der Waals surface area contributed by atoms with E-state index in [0.29, 0.717) is 25.9 Å². The smallest absolute Gasteiger partial charge is 0.331 e. The number of hydrogen-bond acceptors (Lipinski definition) is 9. The molecule has 0 spiro atoms. The maximum absolute atomic E-state index is 13.1. The highest BCUT2D eigenvalue weighted by atomic mass is 16.8. The van der Waals surface area contributed by atoms with Crippen molar-refractivity contribution in [2.24, 2.45) is 34.5 Å². The SMILES string of the molecule is C[C@@H]1CC(=O)[C@]2(O)O[C@@H]3C[C@@]4(C=O)[C@H](CC[C@@H]5[C@H]4CC[C@]4(C)[C@@H](C6=CC(=O)OC6)CC[C@]54O)C[C@H]3O[C@@H]2O1. The summed E-state index contributed by atoms with van der Waals surface area (Å²) in [5, 5.41) is 23.6. The van der Waals surface area contributed by atoms with Gasteiger partial charge in [0.15, 0.2) is 5.78 Å². The Labute approximate surface area is 222 Å². The molecule has 0 aromatic heterocycles. The van der Waals surface area contributed by atoms with Gasteiger partial charge in [-0.1, -0.05) is 6.92 Å². The average molecular weight is 531 g/mol. The number of cyclic esters (lactones) is 1. The molecule has 12 atom stereocenters. The van der Waals surface area contributed by atoms with Crippen molar-refractivity contribution in [2.45, 2.75) is 108 Å². The second kappa shape index (κ2) is 8.19. The first-order chi connectivity index (χ1) is 18.0. The van der Waals surface area contributed by atoms with Gasteiger partial charge in [0.2, 0.25) is 6.29 Å². The number of aldehydes is 1. The van der Waals surface area contributed by atoms with E-state index in [0.717, 1.165) is 44.0 Å². The molecule has 2 N–H and O–H groups in total. The largest absolute Gasteiger partial charge is 0.458 e. The zero-order valence-electron chi connectivity index (χ0n) is 22.1. The Morgan fingerprint density at radius 3 is 2.58 bits per heavy atom. The summed E-state index contributed by atoms with van der Waals surface area (Å²) >= 11 is 0. The summed E-state index contributed by atoms with van der Waals surface area (Å²) in [5.41, 5.74) is -1.07. The van der Waals surface area contributed by atoms with Gasteiger partial charge in [-0.25, -0.2) is 4.79 Å². The highest BCUT2D eigenvalue weighted by molar-refractivity contribution is 5.87. The molecule has 0 unspecified atom stereocenters. The molecule has 4 aliphatic carbocycles. The fraction of sp³-hybridized carbons (Fsp3) is 0.828. The minimum absolute atomic E-state index is 0.0266. The molecule has 7 aliphatic rings. The van der Waals surface area contributed by atoms with Crippen LogP contribution in [0.25, 0.3) is 0 Å². The first-order valence-corrected chi connectivity index (χ1v) is 14.3. The normalized spacial score (nSPS) is 55.5. The van der Waals surface area contributed by atoms with Crippen LogP contribution in [0.4, 0.5) is 0 Å². The third-order valence-corrected chi connectivity index (χ3v) is 11.9. The number of esters is 1. The van der Waals surface area contributed by atoms with Crippen LogP contribution < -0.4 is 0 Å². The van der Waals surface area contributed by atoms with Crippen LogP contribution in [0.2, 0.25) is 0 Å². The number of hydrogen-bond donors (Lipinski definition) is 2. The van der Waals surface area contributed by atoms with E-state index < -0.39 is 40.4 Å². The predicted molar refractivity (Wildman–Crippen MR) is 130 cm³/mol. The third kappa shape index (κ3) is 3.14. The number of fused-ring (bicyclic) bond motifs is 7. The lowest BCUT2D eigenvalue weighted by atomic mass is 9.42. The van der Waals surface area contributed by atoms with Gasteiger partial charge in [0.05, 0.1) is 23.9 Å². The minimum Gasteiger partial charge on any atom is -0.458 e. The van der Waals surface area contributed by atoms with Gasteiger partial charge in [0, 0.05) is 23.3 Å². The fourth-order valence-electron chi connectivity index (χ4n) is 10.1. The van der Waals surface area contributed by atoms with Crippen LogP contribution in [0.15, 0.2) is 11.6 Å². The Hall–Kier alpha value is -1.65. The number of rotatable bonds is 2. The molecule has 6 fully saturated rings. The molecule has 0 aromatic rings. The lowest BCUT2D eigenvalue weighted by Crippen LogP contribution is -2.70. The number of aliphatic hydroxyl groups is 2. The van der Waals surface area contributed by atoms with Gasteiger partial charge in [0.25, 0.3) is 5.79 Å². The molecule has 0 radical (unpaired) electrons. The summed E-state index contributed by atoms with van der Waals surface area (Å²) in [6.45, 7) is 4.23. The van der Waals surface area contributed by atoms with E-state index in [1.807, 2.05) is 0 Å². The van der Waals surface area contributed by atoms with Gasteiger partial charge in [0.1, 0.15) is 12.9 Å². The first kappa shape index (κ1) is 25.3. The standard InChI is InChI=1S/C29H38O9/c1-15-9-23(31)29(34)25(36-15)37-21-11-17-3-4-20-19(27(17,14-30)12-22(21)38-29)5-7-26(2)18(6-8-28(20,26)33)16-10-24(32)35-13-16/h10,14-15,17-22,25,33-34H,3-9,11-13H2,1-2H3/t15-,17-,18-,19-,20-,21-,22-,25+,26-,27-,28+,29+/m1/s1. The Bertz CT molecular complexity index is 1100. The van der Waals surface area contributed by atoms with Gasteiger partial charge in [-0.05, 0) is 87.5 Å². The average Bonchev–Trinajstić information content (AvgIpc) is 3.42. The zero-order valence-corrected chi connectivity index (χ0v) is 22.1. The van der Waals surface area contributed by atoms with E-state index in [1.54, 1.807) is 13.0 Å². The molecule has 2 saturated heterocycles. The van der Waals surface area contributed by atoms with Crippen LogP contribution in [-0.4, -0.2) is 70.8 Å². The van der Waals surface area contributed by atoms with E-state index in [-0.39, 0.29) is 48.3 Å². The molecule has 3 heterocycles. The van der Waals surface area contributed by atoms with Gasteiger partial charge in [-0.3, -0.25) is 4.79 Å². The van der Waals surface area contributed by atoms with Crippen LogP contribution in [0.3, 0.4) is 0 Å². The molecule has 208 valence electrons. The molecule has 9 heteroatoms. The van der Waals surface area contributed by atoms with Crippen molar-refractivity contribution >= 4 is 18.0 Å². The monoisotopic (exact) mass is 530 g/mol. The van der Waals surface area contributed by atoms with Crippen LogP contribution in [0.1, 0.15) is 71.6 Å². The van der Waals surface area contributed by atoms with Crippen molar-refractivity contribution in [1.82, 2.24) is 0 Å². The molecule has 38 heavy (non-hydrogen) atoms. The summed E-state index contributed by atoms with van der Waals surface area (Å²) in [6, 6.07) is 0. The number of carbonyl (C=O) groups excluding carboxylic acids is 3. The topological polar surface area (TPSA) is 129 Å². The Balaban J connectivity index is 1.19. The first-order valence-electron chi connectivity index (χ1n) is 14.3. The predicted octanol–water partition coefficient (Wildman–Crippen LogP) is 2.21. The highest BCUT2D eigenvalue weighted by Crippen LogP contribution is 2.70. The van der Waals surface area contributed by atoms with E-state index in [9.17, 15) is 24.6 Å². The zero-order chi connectivity index (χ0) is 26.7. The van der Waals surface area contributed by atoms with Gasteiger partial charge in [-0.15, -0.1) is 0 Å². The van der Waals surface area contributed by atoms with Crippen LogP contribution in [0.5, 0.6) is 0 Å². The van der Waals surface area contributed by atoms with Gasteiger partial charge >= 0.3 is 5.97 Å². The number of carbonyl (C=O) groups is 3. The summed E-state index contributed by atoms with van der Waals surface area (Å²) in [6.07, 6.45) is 5.80. The van der Waals surface area contributed by atoms with Crippen molar-refractivity contribution < 1.29 is 43.5 Å². The Kier molecular flexibility index (Phi) is 5.46. The highest BCUT2D eigenvalue weighted by Gasteiger charge is 2.70. The quantitative estimate of drug-likeness (QED) is 0.314.